The predicted octanol–water partition coefficient (Wildman–Crippen LogP) is 4.46. The molecular weight excluding hydrogens is 386 g/mol. The first-order valence-corrected chi connectivity index (χ1v) is 8.79. The Morgan fingerprint density at radius 3 is 2.14 bits per heavy atom. The number of aryl methyl sites for hydroxylation is 2. The molecule has 2 aromatic rings. The van der Waals surface area contributed by atoms with E-state index in [0.717, 1.165) is 28.5 Å². The Balaban J connectivity index is 2.29. The number of nitrogens with zero attached hydrogens (tertiary/aromatic N) is 2. The molecular formula is C20H24F2N2O5. The summed E-state index contributed by atoms with van der Waals surface area (Å²) in [6.07, 6.45) is 0. The third-order valence-electron chi connectivity index (χ3n) is 4.39. The minimum atomic E-state index is -3.11. The highest BCUT2D eigenvalue weighted by Crippen LogP contribution is 2.36. The summed E-state index contributed by atoms with van der Waals surface area (Å²) >= 11 is 0. The zero-order valence-electron chi connectivity index (χ0n) is 17.0. The maximum atomic E-state index is 12.6. The quantitative estimate of drug-likeness (QED) is 0.449. The third kappa shape index (κ3) is 5.54. The molecule has 0 aromatic heterocycles. The molecule has 7 nitrogen and oxygen atoms in total. The molecule has 29 heavy (non-hydrogen) atoms. The highest BCUT2D eigenvalue weighted by atomic mass is 19.3. The summed E-state index contributed by atoms with van der Waals surface area (Å²) in [6, 6.07) is 6.32. The highest BCUT2D eigenvalue weighted by molar-refractivity contribution is 5.54. The van der Waals surface area contributed by atoms with Gasteiger partial charge in [-0.1, -0.05) is 12.1 Å². The van der Waals surface area contributed by atoms with Crippen molar-refractivity contribution in [3.05, 3.63) is 56.6 Å². The third-order valence-corrected chi connectivity index (χ3v) is 4.39. The number of hydrogen-bond donors (Lipinski definition) is 0. The predicted molar refractivity (Wildman–Crippen MR) is 104 cm³/mol. The Bertz CT molecular complexity index is 866. The Labute approximate surface area is 167 Å². The van der Waals surface area contributed by atoms with Crippen molar-refractivity contribution in [1.29, 1.82) is 0 Å². The second-order valence-corrected chi connectivity index (χ2v) is 6.70. The number of hydrogen-bond acceptors (Lipinski definition) is 6. The van der Waals surface area contributed by atoms with Crippen molar-refractivity contribution >= 4 is 5.69 Å². The van der Waals surface area contributed by atoms with Crippen LogP contribution < -0.4 is 14.2 Å². The molecule has 0 atom stereocenters. The van der Waals surface area contributed by atoms with Gasteiger partial charge in [0.2, 0.25) is 0 Å². The van der Waals surface area contributed by atoms with E-state index in [0.29, 0.717) is 12.1 Å². The van der Waals surface area contributed by atoms with Gasteiger partial charge in [-0.3, -0.25) is 15.0 Å². The van der Waals surface area contributed by atoms with E-state index in [-0.39, 0.29) is 23.7 Å². The van der Waals surface area contributed by atoms with Crippen LogP contribution >= 0.6 is 0 Å². The van der Waals surface area contributed by atoms with Crippen LogP contribution in [0.15, 0.2) is 24.3 Å². The van der Waals surface area contributed by atoms with Gasteiger partial charge < -0.3 is 14.2 Å². The monoisotopic (exact) mass is 410 g/mol. The van der Waals surface area contributed by atoms with E-state index in [1.54, 1.807) is 7.11 Å². The molecule has 0 unspecified atom stereocenters. The fourth-order valence-electron chi connectivity index (χ4n) is 3.35. The Kier molecular flexibility index (Phi) is 7.33. The molecule has 0 bridgehead atoms. The Morgan fingerprint density at radius 1 is 1.03 bits per heavy atom. The number of halogens is 2. The maximum absolute atomic E-state index is 12.6. The zero-order valence-corrected chi connectivity index (χ0v) is 17.0. The molecule has 0 radical (unpaired) electrons. The number of alkyl halides is 2. The van der Waals surface area contributed by atoms with Crippen LogP contribution in [-0.4, -0.2) is 37.7 Å². The van der Waals surface area contributed by atoms with Crippen LogP contribution in [0.1, 0.15) is 22.3 Å². The van der Waals surface area contributed by atoms with Crippen molar-refractivity contribution < 1.29 is 27.9 Å². The average molecular weight is 410 g/mol. The van der Waals surface area contributed by atoms with Crippen LogP contribution in [0.4, 0.5) is 14.5 Å². The van der Waals surface area contributed by atoms with Gasteiger partial charge in [0.15, 0.2) is 11.5 Å². The zero-order chi connectivity index (χ0) is 21.7. The smallest absolute Gasteiger partial charge is 0.387 e. The van der Waals surface area contributed by atoms with E-state index in [4.69, 9.17) is 9.47 Å². The summed E-state index contributed by atoms with van der Waals surface area (Å²) in [6.45, 7) is 1.53. The normalized spacial score (nSPS) is 11.1. The molecule has 9 heteroatoms. The van der Waals surface area contributed by atoms with Crippen LogP contribution in [0.2, 0.25) is 0 Å². The van der Waals surface area contributed by atoms with Crippen LogP contribution in [0.5, 0.6) is 17.2 Å². The van der Waals surface area contributed by atoms with Crippen LogP contribution in [0.3, 0.4) is 0 Å². The van der Waals surface area contributed by atoms with E-state index >= 15 is 0 Å². The molecule has 2 rings (SSSR count). The highest BCUT2D eigenvalue weighted by Gasteiger charge is 2.22. The summed E-state index contributed by atoms with van der Waals surface area (Å²) in [5, 5.41) is 11.4. The van der Waals surface area contributed by atoms with Gasteiger partial charge in [0.05, 0.1) is 25.2 Å². The molecule has 0 spiro atoms. The lowest BCUT2D eigenvalue weighted by Gasteiger charge is -2.19. The van der Waals surface area contributed by atoms with Gasteiger partial charge in [-0.15, -0.1) is 0 Å². The van der Waals surface area contributed by atoms with Crippen LogP contribution in [-0.2, 0) is 13.1 Å². The minimum absolute atomic E-state index is 0.00966. The van der Waals surface area contributed by atoms with E-state index in [1.807, 2.05) is 37.9 Å². The molecule has 0 saturated carbocycles. The first-order valence-electron chi connectivity index (χ1n) is 8.79. The van der Waals surface area contributed by atoms with E-state index in [9.17, 15) is 18.9 Å². The SMILES string of the molecule is COc1cc(CN(C)Cc2cc(C)c(OC)c(C)c2)c([N+](=O)[O-])cc1OC(F)F. The number of rotatable bonds is 9. The van der Waals surface area contributed by atoms with Gasteiger partial charge in [-0.05, 0) is 43.7 Å². The first-order chi connectivity index (χ1) is 13.7. The molecule has 2 aromatic carbocycles. The summed E-state index contributed by atoms with van der Waals surface area (Å²) in [5.41, 5.74) is 3.04. The summed E-state index contributed by atoms with van der Waals surface area (Å²) < 4.78 is 39.9. The maximum Gasteiger partial charge on any atom is 0.387 e. The summed E-state index contributed by atoms with van der Waals surface area (Å²) in [5.74, 6) is 0.462. The molecule has 0 amide bonds. The largest absolute Gasteiger partial charge is 0.496 e. The molecule has 158 valence electrons. The Hall–Kier alpha value is -2.94. The minimum Gasteiger partial charge on any atom is -0.496 e. The molecule has 0 aliphatic heterocycles. The van der Waals surface area contributed by atoms with Crippen molar-refractivity contribution in [3.63, 3.8) is 0 Å². The van der Waals surface area contributed by atoms with Gasteiger partial charge in [-0.25, -0.2) is 0 Å². The number of ether oxygens (including phenoxy) is 3. The molecule has 0 aliphatic carbocycles. The van der Waals surface area contributed by atoms with Crippen molar-refractivity contribution in [3.8, 4) is 17.2 Å². The van der Waals surface area contributed by atoms with Gasteiger partial charge in [-0.2, -0.15) is 8.78 Å². The second kappa shape index (κ2) is 9.51. The number of nitro benzene ring substituents is 1. The van der Waals surface area contributed by atoms with Gasteiger partial charge in [0.1, 0.15) is 5.75 Å². The topological polar surface area (TPSA) is 74.1 Å². The fourth-order valence-corrected chi connectivity index (χ4v) is 3.35. The molecule has 0 aliphatic rings. The number of nitro groups is 1. The van der Waals surface area contributed by atoms with Gasteiger partial charge in [0, 0.05) is 18.7 Å². The number of benzene rings is 2. The first kappa shape index (κ1) is 22.4. The van der Waals surface area contributed by atoms with E-state index < -0.39 is 11.5 Å². The van der Waals surface area contributed by atoms with E-state index in [1.165, 1.54) is 13.2 Å². The lowest BCUT2D eigenvalue weighted by molar-refractivity contribution is -0.385. The molecule has 0 fully saturated rings. The van der Waals surface area contributed by atoms with Gasteiger partial charge in [0.25, 0.3) is 5.69 Å². The average Bonchev–Trinajstić information content (AvgIpc) is 2.61. The Morgan fingerprint density at radius 2 is 1.66 bits per heavy atom. The van der Waals surface area contributed by atoms with Crippen LogP contribution in [0.25, 0.3) is 0 Å². The van der Waals surface area contributed by atoms with Gasteiger partial charge >= 0.3 is 6.61 Å². The fraction of sp³-hybridized carbons (Fsp3) is 0.400. The standard InChI is InChI=1S/C20H24F2N2O5/c1-12-6-14(7-13(2)19(12)28-5)10-23(3)11-15-8-17(27-4)18(29-20(21)22)9-16(15)24(25)26/h6-9,20H,10-11H2,1-5H3. The number of methoxy groups -OCH3 is 2. The molecule has 0 N–H and O–H groups in total. The lowest BCUT2D eigenvalue weighted by atomic mass is 10.0. The molecule has 0 saturated heterocycles. The van der Waals surface area contributed by atoms with Crippen molar-refractivity contribution in [2.24, 2.45) is 0 Å². The van der Waals surface area contributed by atoms with Crippen LogP contribution in [0, 0.1) is 24.0 Å². The van der Waals surface area contributed by atoms with Crippen molar-refractivity contribution in [2.75, 3.05) is 21.3 Å². The van der Waals surface area contributed by atoms with Crippen molar-refractivity contribution in [1.82, 2.24) is 4.90 Å². The summed E-state index contributed by atoms with van der Waals surface area (Å²) in [4.78, 5) is 12.7. The van der Waals surface area contributed by atoms with Crippen molar-refractivity contribution in [2.45, 2.75) is 33.5 Å². The lowest BCUT2D eigenvalue weighted by Crippen LogP contribution is -2.18. The molecule has 0 heterocycles. The second-order valence-electron chi connectivity index (χ2n) is 6.70. The van der Waals surface area contributed by atoms with E-state index in [2.05, 4.69) is 4.74 Å². The summed E-state index contributed by atoms with van der Waals surface area (Å²) in [7, 11) is 4.72.